The predicted molar refractivity (Wildman–Crippen MR) is 70.5 cm³/mol. The lowest BCUT2D eigenvalue weighted by Gasteiger charge is -2.19. The number of rotatable bonds is 5. The van der Waals surface area contributed by atoms with E-state index in [0.29, 0.717) is 6.42 Å². The van der Waals surface area contributed by atoms with Crippen molar-refractivity contribution in [3.8, 4) is 0 Å². The molecule has 0 fully saturated rings. The molecule has 0 heterocycles. The van der Waals surface area contributed by atoms with Crippen molar-refractivity contribution in [2.75, 3.05) is 6.61 Å². The summed E-state index contributed by atoms with van der Waals surface area (Å²) in [6.07, 6.45) is -0.552. The number of carbonyl (C=O) groups is 3. The standard InChI is InChI=1S/C13H23NO6/c1-6-9(8-10(15)18-7-2)11(16)20-14-12(17)19-13(3,4)5/h9H,6-8H2,1-5H3,(H,14,17). The molecule has 0 radical (unpaired) electrons. The molecule has 1 unspecified atom stereocenters. The Bertz CT molecular complexity index is 347. The third-order valence-corrected chi connectivity index (χ3v) is 2.18. The van der Waals surface area contributed by atoms with Gasteiger partial charge in [-0.2, -0.15) is 0 Å². The Hall–Kier alpha value is -1.79. The van der Waals surface area contributed by atoms with E-state index in [0.717, 1.165) is 0 Å². The van der Waals surface area contributed by atoms with Gasteiger partial charge >= 0.3 is 18.0 Å². The zero-order valence-electron chi connectivity index (χ0n) is 12.6. The van der Waals surface area contributed by atoms with Crippen LogP contribution in [-0.4, -0.2) is 30.2 Å². The first kappa shape index (κ1) is 18.2. The van der Waals surface area contributed by atoms with Gasteiger partial charge in [0.25, 0.3) is 0 Å². The summed E-state index contributed by atoms with van der Waals surface area (Å²) < 4.78 is 9.66. The predicted octanol–water partition coefficient (Wildman–Crippen LogP) is 1.95. The highest BCUT2D eigenvalue weighted by molar-refractivity contribution is 5.80. The first-order valence-corrected chi connectivity index (χ1v) is 6.54. The molecule has 1 N–H and O–H groups in total. The number of carbonyl (C=O) groups excluding carboxylic acids is 3. The van der Waals surface area contributed by atoms with Crippen LogP contribution in [0.3, 0.4) is 0 Å². The number of hydrogen-bond acceptors (Lipinski definition) is 6. The monoisotopic (exact) mass is 289 g/mol. The maximum atomic E-state index is 11.7. The Morgan fingerprint density at radius 3 is 2.20 bits per heavy atom. The van der Waals surface area contributed by atoms with Gasteiger partial charge in [-0.25, -0.2) is 9.59 Å². The minimum absolute atomic E-state index is 0.0842. The zero-order chi connectivity index (χ0) is 15.8. The van der Waals surface area contributed by atoms with Crippen molar-refractivity contribution in [1.82, 2.24) is 5.48 Å². The summed E-state index contributed by atoms with van der Waals surface area (Å²) in [4.78, 5) is 38.9. The largest absolute Gasteiger partial charge is 0.466 e. The molecule has 0 aromatic rings. The number of ether oxygens (including phenoxy) is 2. The van der Waals surface area contributed by atoms with Crippen LogP contribution in [0.4, 0.5) is 4.79 Å². The van der Waals surface area contributed by atoms with Crippen LogP contribution < -0.4 is 5.48 Å². The van der Waals surface area contributed by atoms with Crippen LogP contribution in [0, 0.1) is 5.92 Å². The van der Waals surface area contributed by atoms with E-state index in [2.05, 4.69) is 4.84 Å². The van der Waals surface area contributed by atoms with Crippen LogP contribution in [0.1, 0.15) is 47.5 Å². The lowest BCUT2D eigenvalue weighted by molar-refractivity contribution is -0.160. The van der Waals surface area contributed by atoms with Gasteiger partial charge in [-0.05, 0) is 34.1 Å². The molecular weight excluding hydrogens is 266 g/mol. The first-order valence-electron chi connectivity index (χ1n) is 6.54. The second-order valence-electron chi connectivity index (χ2n) is 5.14. The van der Waals surface area contributed by atoms with Gasteiger partial charge in [0.2, 0.25) is 0 Å². The second kappa shape index (κ2) is 8.39. The minimum atomic E-state index is -0.864. The quantitative estimate of drug-likeness (QED) is 0.472. The van der Waals surface area contributed by atoms with Crippen LogP contribution in [0.5, 0.6) is 0 Å². The Morgan fingerprint density at radius 1 is 1.15 bits per heavy atom. The molecule has 0 aliphatic heterocycles. The second-order valence-corrected chi connectivity index (χ2v) is 5.14. The van der Waals surface area contributed by atoms with Crippen LogP contribution in [0.15, 0.2) is 0 Å². The van der Waals surface area contributed by atoms with Crippen LogP contribution in [-0.2, 0) is 23.9 Å². The SMILES string of the molecule is CCOC(=O)CC(CC)C(=O)ONC(=O)OC(C)(C)C. The molecule has 20 heavy (non-hydrogen) atoms. The normalized spacial score (nSPS) is 12.2. The molecule has 0 saturated heterocycles. The van der Waals surface area contributed by atoms with E-state index in [4.69, 9.17) is 9.47 Å². The fraction of sp³-hybridized carbons (Fsp3) is 0.769. The third kappa shape index (κ3) is 8.34. The summed E-state index contributed by atoms with van der Waals surface area (Å²) in [6.45, 7) is 8.72. The third-order valence-electron chi connectivity index (χ3n) is 2.18. The molecule has 7 heteroatoms. The topological polar surface area (TPSA) is 90.9 Å². The molecule has 0 aromatic heterocycles. The summed E-state index contributed by atoms with van der Waals surface area (Å²) in [7, 11) is 0. The molecule has 0 rings (SSSR count). The van der Waals surface area contributed by atoms with E-state index >= 15 is 0 Å². The summed E-state index contributed by atoms with van der Waals surface area (Å²) in [5.74, 6) is -1.84. The average molecular weight is 289 g/mol. The van der Waals surface area contributed by atoms with Crippen molar-refractivity contribution in [1.29, 1.82) is 0 Å². The van der Waals surface area contributed by atoms with Crippen LogP contribution in [0.2, 0.25) is 0 Å². The first-order chi connectivity index (χ1) is 9.19. The molecule has 0 aromatic carbocycles. The number of amides is 1. The van der Waals surface area contributed by atoms with Crippen LogP contribution >= 0.6 is 0 Å². The summed E-state index contributed by atoms with van der Waals surface area (Å²) in [6, 6.07) is 0. The van der Waals surface area contributed by atoms with Crippen molar-refractivity contribution in [3.05, 3.63) is 0 Å². The van der Waals surface area contributed by atoms with Gasteiger partial charge < -0.3 is 14.3 Å². The molecule has 0 saturated carbocycles. The molecule has 116 valence electrons. The molecule has 0 aliphatic carbocycles. The highest BCUT2D eigenvalue weighted by atomic mass is 16.7. The fourth-order valence-electron chi connectivity index (χ4n) is 1.29. The van der Waals surface area contributed by atoms with Crippen molar-refractivity contribution in [2.45, 2.75) is 53.1 Å². The van der Waals surface area contributed by atoms with Crippen molar-refractivity contribution >= 4 is 18.0 Å². The lowest BCUT2D eigenvalue weighted by atomic mass is 10.0. The number of hydroxylamine groups is 1. The minimum Gasteiger partial charge on any atom is -0.466 e. The smallest absolute Gasteiger partial charge is 0.441 e. The zero-order valence-corrected chi connectivity index (χ0v) is 12.6. The van der Waals surface area contributed by atoms with Gasteiger partial charge in [0.15, 0.2) is 0 Å². The van der Waals surface area contributed by atoms with E-state index in [1.165, 1.54) is 0 Å². The van der Waals surface area contributed by atoms with E-state index < -0.39 is 29.6 Å². The lowest BCUT2D eigenvalue weighted by Crippen LogP contribution is -2.36. The summed E-state index contributed by atoms with van der Waals surface area (Å²) in [5, 5.41) is 0. The Labute approximate surface area is 118 Å². The Balaban J connectivity index is 4.22. The maximum absolute atomic E-state index is 11.7. The number of esters is 1. The van der Waals surface area contributed by atoms with E-state index in [1.54, 1.807) is 34.6 Å². The van der Waals surface area contributed by atoms with Crippen molar-refractivity contribution in [3.63, 3.8) is 0 Å². The molecule has 0 aliphatic rings. The van der Waals surface area contributed by atoms with Crippen molar-refractivity contribution < 1.29 is 28.7 Å². The van der Waals surface area contributed by atoms with E-state index in [1.807, 2.05) is 5.48 Å². The molecule has 1 amide bonds. The fourth-order valence-corrected chi connectivity index (χ4v) is 1.29. The van der Waals surface area contributed by atoms with Crippen LogP contribution in [0.25, 0.3) is 0 Å². The van der Waals surface area contributed by atoms with Gasteiger partial charge in [0.05, 0.1) is 18.9 Å². The molecule has 0 bridgehead atoms. The summed E-state index contributed by atoms with van der Waals surface area (Å²) in [5.41, 5.74) is 1.21. The Kier molecular flexibility index (Phi) is 7.64. The van der Waals surface area contributed by atoms with Gasteiger partial charge in [-0.1, -0.05) is 6.92 Å². The molecule has 7 nitrogen and oxygen atoms in total. The average Bonchev–Trinajstić information content (AvgIpc) is 2.31. The number of hydrogen-bond donors (Lipinski definition) is 1. The van der Waals surface area contributed by atoms with Gasteiger partial charge in [-0.3, -0.25) is 4.79 Å². The van der Waals surface area contributed by atoms with E-state index in [9.17, 15) is 14.4 Å². The Morgan fingerprint density at radius 2 is 1.75 bits per heavy atom. The van der Waals surface area contributed by atoms with E-state index in [-0.39, 0.29) is 13.0 Å². The molecule has 0 spiro atoms. The van der Waals surface area contributed by atoms with Gasteiger partial charge in [-0.15, -0.1) is 5.48 Å². The highest BCUT2D eigenvalue weighted by Gasteiger charge is 2.24. The van der Waals surface area contributed by atoms with Gasteiger partial charge in [0, 0.05) is 0 Å². The molecule has 1 atom stereocenters. The maximum Gasteiger partial charge on any atom is 0.441 e. The summed E-state index contributed by atoms with van der Waals surface area (Å²) >= 11 is 0. The molecular formula is C13H23NO6. The van der Waals surface area contributed by atoms with Crippen molar-refractivity contribution in [2.24, 2.45) is 5.92 Å². The number of nitrogens with one attached hydrogen (secondary N) is 1. The van der Waals surface area contributed by atoms with Gasteiger partial charge in [0.1, 0.15) is 5.60 Å². The highest BCUT2D eigenvalue weighted by Crippen LogP contribution is 2.11.